The maximum atomic E-state index is 12.8. The highest BCUT2D eigenvalue weighted by Crippen LogP contribution is 2.31. The van der Waals surface area contributed by atoms with Gasteiger partial charge in [-0.25, -0.2) is 0 Å². The van der Waals surface area contributed by atoms with E-state index in [9.17, 15) is 4.79 Å². The van der Waals surface area contributed by atoms with Crippen molar-refractivity contribution in [2.24, 2.45) is 17.6 Å². The van der Waals surface area contributed by atoms with Crippen LogP contribution in [0.2, 0.25) is 0 Å². The van der Waals surface area contributed by atoms with Crippen molar-refractivity contribution in [1.29, 1.82) is 0 Å². The van der Waals surface area contributed by atoms with Crippen molar-refractivity contribution in [3.05, 3.63) is 0 Å². The molecule has 1 aliphatic heterocycles. The highest BCUT2D eigenvalue weighted by Gasteiger charge is 2.37. The second-order valence-corrected chi connectivity index (χ2v) is 6.67. The van der Waals surface area contributed by atoms with Crippen LogP contribution in [0.5, 0.6) is 0 Å². The van der Waals surface area contributed by atoms with Crippen LogP contribution in [0.1, 0.15) is 40.0 Å². The van der Waals surface area contributed by atoms with Crippen LogP contribution in [0.4, 0.5) is 0 Å². The molecule has 110 valence electrons. The summed E-state index contributed by atoms with van der Waals surface area (Å²) in [7, 11) is 2.15. The fraction of sp³-hybridized carbons (Fsp3) is 0.933. The minimum absolute atomic E-state index is 0.145. The number of piperazine rings is 1. The molecule has 1 saturated heterocycles. The molecule has 0 aromatic rings. The molecule has 2 N–H and O–H groups in total. The predicted molar refractivity (Wildman–Crippen MR) is 77.7 cm³/mol. The van der Waals surface area contributed by atoms with Crippen LogP contribution < -0.4 is 5.73 Å². The molecule has 1 heterocycles. The first-order chi connectivity index (χ1) is 8.91. The molecule has 0 spiro atoms. The smallest absolute Gasteiger partial charge is 0.226 e. The first-order valence-electron chi connectivity index (χ1n) is 7.68. The molecule has 2 aliphatic rings. The van der Waals surface area contributed by atoms with Crippen molar-refractivity contribution in [2.45, 2.75) is 58.2 Å². The predicted octanol–water partition coefficient (Wildman–Crippen LogP) is 1.30. The highest BCUT2D eigenvalue weighted by atomic mass is 16.2. The fourth-order valence-electron chi connectivity index (χ4n) is 3.56. The molecule has 4 nitrogen and oxygen atoms in total. The zero-order valence-electron chi connectivity index (χ0n) is 12.8. The van der Waals surface area contributed by atoms with Gasteiger partial charge in [-0.15, -0.1) is 0 Å². The van der Waals surface area contributed by atoms with Gasteiger partial charge in [0.05, 0.1) is 0 Å². The lowest BCUT2D eigenvalue weighted by molar-refractivity contribution is -0.142. The van der Waals surface area contributed by atoms with Gasteiger partial charge in [0.2, 0.25) is 5.91 Å². The standard InChI is InChI=1S/C15H29N3O/c1-10-8-18(9-11(2)17(10)4)15(19)13-6-5-7-14(16)12(13)3/h10-14H,5-9,16H2,1-4H3. The molecule has 5 atom stereocenters. The van der Waals surface area contributed by atoms with Gasteiger partial charge in [0.25, 0.3) is 0 Å². The second kappa shape index (κ2) is 5.80. The van der Waals surface area contributed by atoms with E-state index in [4.69, 9.17) is 5.73 Å². The van der Waals surface area contributed by atoms with Crippen molar-refractivity contribution < 1.29 is 4.79 Å². The number of amides is 1. The zero-order valence-corrected chi connectivity index (χ0v) is 12.8. The molecule has 1 saturated carbocycles. The van der Waals surface area contributed by atoms with E-state index in [0.29, 0.717) is 23.9 Å². The number of rotatable bonds is 1. The van der Waals surface area contributed by atoms with Gasteiger partial charge in [0.15, 0.2) is 0 Å². The Morgan fingerprint density at radius 2 is 1.68 bits per heavy atom. The molecular formula is C15H29N3O. The summed E-state index contributed by atoms with van der Waals surface area (Å²) in [5.74, 6) is 0.813. The number of nitrogens with zero attached hydrogens (tertiary/aromatic N) is 2. The molecule has 0 bridgehead atoms. The third-order valence-corrected chi connectivity index (χ3v) is 5.35. The van der Waals surface area contributed by atoms with Gasteiger partial charge in [0.1, 0.15) is 0 Å². The van der Waals surface area contributed by atoms with Crippen LogP contribution >= 0.6 is 0 Å². The minimum Gasteiger partial charge on any atom is -0.339 e. The molecular weight excluding hydrogens is 238 g/mol. The number of likely N-dealkylation sites (N-methyl/N-ethyl adjacent to an activating group) is 1. The van der Waals surface area contributed by atoms with Gasteiger partial charge in [-0.1, -0.05) is 13.3 Å². The molecule has 0 aromatic heterocycles. The second-order valence-electron chi connectivity index (χ2n) is 6.67. The van der Waals surface area contributed by atoms with Gasteiger partial charge in [-0.2, -0.15) is 0 Å². The van der Waals surface area contributed by atoms with Crippen LogP contribution in [-0.2, 0) is 4.79 Å². The summed E-state index contributed by atoms with van der Waals surface area (Å²) < 4.78 is 0. The summed E-state index contributed by atoms with van der Waals surface area (Å²) in [4.78, 5) is 17.2. The van der Waals surface area contributed by atoms with Gasteiger partial charge in [-0.05, 0) is 39.7 Å². The Labute approximate surface area is 117 Å². The van der Waals surface area contributed by atoms with Gasteiger partial charge in [0, 0.05) is 37.1 Å². The van der Waals surface area contributed by atoms with Crippen molar-refractivity contribution in [2.75, 3.05) is 20.1 Å². The van der Waals surface area contributed by atoms with E-state index in [1.54, 1.807) is 0 Å². The van der Waals surface area contributed by atoms with E-state index in [-0.39, 0.29) is 12.0 Å². The quantitative estimate of drug-likeness (QED) is 0.779. The lowest BCUT2D eigenvalue weighted by atomic mass is 9.76. The van der Waals surface area contributed by atoms with E-state index in [2.05, 4.69) is 37.6 Å². The third kappa shape index (κ3) is 2.95. The van der Waals surface area contributed by atoms with E-state index in [1.807, 2.05) is 0 Å². The maximum Gasteiger partial charge on any atom is 0.226 e. The van der Waals surface area contributed by atoms with Crippen molar-refractivity contribution in [3.63, 3.8) is 0 Å². The number of carbonyl (C=O) groups excluding carboxylic acids is 1. The SMILES string of the molecule is CC1C(N)CCCC1C(=O)N1CC(C)N(C)C(C)C1. The van der Waals surface area contributed by atoms with E-state index in [1.165, 1.54) is 0 Å². The number of carbonyl (C=O) groups is 1. The summed E-state index contributed by atoms with van der Waals surface area (Å²) in [5, 5.41) is 0. The summed E-state index contributed by atoms with van der Waals surface area (Å²) in [6, 6.07) is 1.09. The number of nitrogens with two attached hydrogens (primary N) is 1. The summed E-state index contributed by atoms with van der Waals surface area (Å²) in [5.41, 5.74) is 6.13. The van der Waals surface area contributed by atoms with Crippen molar-refractivity contribution in [1.82, 2.24) is 9.80 Å². The van der Waals surface area contributed by atoms with E-state index < -0.39 is 0 Å². The number of hydrogen-bond donors (Lipinski definition) is 1. The van der Waals surface area contributed by atoms with Crippen LogP contribution in [0.15, 0.2) is 0 Å². The van der Waals surface area contributed by atoms with E-state index in [0.717, 1.165) is 32.4 Å². The molecule has 4 heteroatoms. The first-order valence-corrected chi connectivity index (χ1v) is 7.68. The molecule has 2 fully saturated rings. The Kier molecular flexibility index (Phi) is 4.51. The van der Waals surface area contributed by atoms with Crippen LogP contribution in [0.3, 0.4) is 0 Å². The monoisotopic (exact) mass is 267 g/mol. The topological polar surface area (TPSA) is 49.6 Å². The zero-order chi connectivity index (χ0) is 14.2. The molecule has 19 heavy (non-hydrogen) atoms. The van der Waals surface area contributed by atoms with E-state index >= 15 is 0 Å². The first kappa shape index (κ1) is 14.8. The summed E-state index contributed by atoms with van der Waals surface area (Å²) >= 11 is 0. The average Bonchev–Trinajstić information content (AvgIpc) is 2.38. The number of hydrogen-bond acceptors (Lipinski definition) is 3. The van der Waals surface area contributed by atoms with Gasteiger partial charge in [-0.3, -0.25) is 9.69 Å². The molecule has 1 amide bonds. The van der Waals surface area contributed by atoms with Crippen molar-refractivity contribution >= 4 is 5.91 Å². The Hall–Kier alpha value is -0.610. The Morgan fingerprint density at radius 3 is 2.26 bits per heavy atom. The molecule has 1 aliphatic carbocycles. The Morgan fingerprint density at radius 1 is 1.11 bits per heavy atom. The molecule has 0 radical (unpaired) electrons. The van der Waals surface area contributed by atoms with Crippen molar-refractivity contribution in [3.8, 4) is 0 Å². The van der Waals surface area contributed by atoms with Crippen LogP contribution in [0.25, 0.3) is 0 Å². The summed E-state index contributed by atoms with van der Waals surface area (Å²) in [6.45, 7) is 8.27. The lowest BCUT2D eigenvalue weighted by Crippen LogP contribution is -2.58. The molecule has 2 rings (SSSR count). The lowest BCUT2D eigenvalue weighted by Gasteiger charge is -2.45. The third-order valence-electron chi connectivity index (χ3n) is 5.35. The maximum absolute atomic E-state index is 12.8. The van der Waals surface area contributed by atoms with Crippen LogP contribution in [0, 0.1) is 11.8 Å². The van der Waals surface area contributed by atoms with Gasteiger partial charge < -0.3 is 10.6 Å². The van der Waals surface area contributed by atoms with Gasteiger partial charge >= 0.3 is 0 Å². The highest BCUT2D eigenvalue weighted by molar-refractivity contribution is 5.79. The summed E-state index contributed by atoms with van der Waals surface area (Å²) in [6.07, 6.45) is 3.18. The Balaban J connectivity index is 2.03. The average molecular weight is 267 g/mol. The molecule has 0 aromatic carbocycles. The largest absolute Gasteiger partial charge is 0.339 e. The fourth-order valence-corrected chi connectivity index (χ4v) is 3.56. The molecule has 5 unspecified atom stereocenters. The Bertz CT molecular complexity index is 321. The normalized spacial score (nSPS) is 41.3. The van der Waals surface area contributed by atoms with Crippen LogP contribution in [-0.4, -0.2) is 54.0 Å². The minimum atomic E-state index is 0.145.